The Kier molecular flexibility index (Phi) is 8.47. The standard InChI is InChI=1S/C18H22F3N7O2.HI/c1-22-17(24-8-13-4-3-5-23-16(13)30-12-18(19,20)21)27-6-7-28(15(29)11-27)14-9-25-26(2)10-14;/h3-5,9-10H,6-8,11-12H2,1-2H3,(H,22,24);1H. The van der Waals surface area contributed by atoms with E-state index in [1.54, 1.807) is 53.1 Å². The highest BCUT2D eigenvalue weighted by Crippen LogP contribution is 2.20. The molecule has 1 N–H and O–H groups in total. The molecule has 0 radical (unpaired) electrons. The van der Waals surface area contributed by atoms with Gasteiger partial charge in [-0.25, -0.2) is 4.98 Å². The number of aliphatic imine (C=N–C) groups is 1. The zero-order chi connectivity index (χ0) is 21.7. The van der Waals surface area contributed by atoms with Crippen molar-refractivity contribution in [3.05, 3.63) is 36.3 Å². The molecule has 0 spiro atoms. The minimum atomic E-state index is -4.45. The molecule has 2 aromatic heterocycles. The van der Waals surface area contributed by atoms with Crippen LogP contribution >= 0.6 is 24.0 Å². The molecule has 1 fully saturated rings. The number of nitrogens with one attached hydrogen (secondary N) is 1. The van der Waals surface area contributed by atoms with Crippen LogP contribution in [0, 0.1) is 0 Å². The molecule has 13 heteroatoms. The number of guanidine groups is 1. The van der Waals surface area contributed by atoms with Crippen molar-refractivity contribution in [2.24, 2.45) is 12.0 Å². The van der Waals surface area contributed by atoms with Gasteiger partial charge in [0.1, 0.15) is 6.54 Å². The van der Waals surface area contributed by atoms with Gasteiger partial charge in [0.15, 0.2) is 12.6 Å². The lowest BCUT2D eigenvalue weighted by atomic mass is 10.2. The lowest BCUT2D eigenvalue weighted by Crippen LogP contribution is -2.55. The zero-order valence-corrected chi connectivity index (χ0v) is 19.3. The normalized spacial score (nSPS) is 15.0. The molecule has 0 unspecified atom stereocenters. The minimum absolute atomic E-state index is 0. The molecule has 9 nitrogen and oxygen atoms in total. The first kappa shape index (κ1) is 24.7. The first-order valence-corrected chi connectivity index (χ1v) is 9.15. The number of hydrogen-bond donors (Lipinski definition) is 1. The van der Waals surface area contributed by atoms with Crippen LogP contribution in [-0.2, 0) is 18.4 Å². The Morgan fingerprint density at radius 1 is 1.35 bits per heavy atom. The molecule has 1 saturated heterocycles. The second kappa shape index (κ2) is 10.6. The SMILES string of the molecule is CN=C(NCc1cccnc1OCC(F)(F)F)N1CCN(c2cnn(C)c2)C(=O)C1.I. The Balaban J connectivity index is 0.00000341. The summed E-state index contributed by atoms with van der Waals surface area (Å²) in [4.78, 5) is 24.1. The number of pyridine rings is 1. The summed E-state index contributed by atoms with van der Waals surface area (Å²) in [5.41, 5.74) is 1.18. The fourth-order valence-corrected chi connectivity index (χ4v) is 3.02. The largest absolute Gasteiger partial charge is 0.468 e. The van der Waals surface area contributed by atoms with Gasteiger partial charge >= 0.3 is 6.18 Å². The fourth-order valence-electron chi connectivity index (χ4n) is 3.02. The molecule has 170 valence electrons. The summed E-state index contributed by atoms with van der Waals surface area (Å²) in [6, 6.07) is 3.22. The van der Waals surface area contributed by atoms with E-state index >= 15 is 0 Å². The van der Waals surface area contributed by atoms with Crippen LogP contribution in [0.3, 0.4) is 0 Å². The van der Waals surface area contributed by atoms with Gasteiger partial charge in [0.25, 0.3) is 0 Å². The highest BCUT2D eigenvalue weighted by Gasteiger charge is 2.30. The number of rotatable bonds is 5. The van der Waals surface area contributed by atoms with Crippen molar-refractivity contribution in [3.63, 3.8) is 0 Å². The number of anilines is 1. The van der Waals surface area contributed by atoms with Gasteiger partial charge in [-0.3, -0.25) is 14.5 Å². The summed E-state index contributed by atoms with van der Waals surface area (Å²) in [7, 11) is 3.35. The van der Waals surface area contributed by atoms with E-state index < -0.39 is 12.8 Å². The second-order valence-corrected chi connectivity index (χ2v) is 6.61. The molecule has 31 heavy (non-hydrogen) atoms. The molecule has 1 aliphatic heterocycles. The van der Waals surface area contributed by atoms with Crippen LogP contribution in [0.25, 0.3) is 0 Å². The maximum atomic E-state index is 12.6. The highest BCUT2D eigenvalue weighted by molar-refractivity contribution is 14.0. The zero-order valence-electron chi connectivity index (χ0n) is 17.0. The minimum Gasteiger partial charge on any atom is -0.468 e. The van der Waals surface area contributed by atoms with Gasteiger partial charge in [0, 0.05) is 51.7 Å². The summed E-state index contributed by atoms with van der Waals surface area (Å²) >= 11 is 0. The maximum absolute atomic E-state index is 12.6. The smallest absolute Gasteiger partial charge is 0.422 e. The molecule has 0 aliphatic carbocycles. The van der Waals surface area contributed by atoms with E-state index in [1.807, 2.05) is 0 Å². The Morgan fingerprint density at radius 2 is 2.13 bits per heavy atom. The summed E-state index contributed by atoms with van der Waals surface area (Å²) in [5, 5.41) is 7.14. The average molecular weight is 553 g/mol. The number of piperazine rings is 1. The Hall–Kier alpha value is -2.58. The number of aryl methyl sites for hydroxylation is 1. The highest BCUT2D eigenvalue weighted by atomic mass is 127. The van der Waals surface area contributed by atoms with Crippen molar-refractivity contribution >= 4 is 41.5 Å². The van der Waals surface area contributed by atoms with Crippen molar-refractivity contribution in [1.82, 2.24) is 25.0 Å². The summed E-state index contributed by atoms with van der Waals surface area (Å²) < 4.78 is 43.7. The van der Waals surface area contributed by atoms with Gasteiger partial charge in [-0.2, -0.15) is 18.3 Å². The van der Waals surface area contributed by atoms with E-state index in [-0.39, 0.29) is 48.9 Å². The first-order valence-electron chi connectivity index (χ1n) is 9.15. The van der Waals surface area contributed by atoms with Crippen molar-refractivity contribution in [2.45, 2.75) is 12.7 Å². The number of nitrogens with zero attached hydrogens (tertiary/aromatic N) is 6. The van der Waals surface area contributed by atoms with Crippen molar-refractivity contribution in [2.75, 3.05) is 38.2 Å². The van der Waals surface area contributed by atoms with Gasteiger partial charge in [0.2, 0.25) is 11.8 Å². The van der Waals surface area contributed by atoms with Crippen LogP contribution in [0.2, 0.25) is 0 Å². The van der Waals surface area contributed by atoms with Crippen LogP contribution < -0.4 is 15.0 Å². The fraction of sp³-hybridized carbons (Fsp3) is 0.444. The number of amides is 1. The molecule has 3 rings (SSSR count). The van der Waals surface area contributed by atoms with E-state index in [9.17, 15) is 18.0 Å². The van der Waals surface area contributed by atoms with E-state index in [0.717, 1.165) is 5.69 Å². The third-order valence-corrected chi connectivity index (χ3v) is 4.39. The molecule has 3 heterocycles. The number of carbonyl (C=O) groups is 1. The number of ether oxygens (including phenoxy) is 1. The van der Waals surface area contributed by atoms with Crippen LogP contribution in [0.4, 0.5) is 18.9 Å². The topological polar surface area (TPSA) is 87.9 Å². The van der Waals surface area contributed by atoms with E-state index in [4.69, 9.17) is 4.74 Å². The van der Waals surface area contributed by atoms with Crippen LogP contribution in [-0.4, -0.2) is 71.0 Å². The monoisotopic (exact) mass is 553 g/mol. The van der Waals surface area contributed by atoms with Gasteiger partial charge in [-0.15, -0.1) is 24.0 Å². The molecule has 1 amide bonds. The predicted molar refractivity (Wildman–Crippen MR) is 119 cm³/mol. The van der Waals surface area contributed by atoms with Crippen molar-refractivity contribution in [1.29, 1.82) is 0 Å². The Bertz CT molecular complexity index is 920. The maximum Gasteiger partial charge on any atom is 0.422 e. The van der Waals surface area contributed by atoms with E-state index in [0.29, 0.717) is 24.6 Å². The number of carbonyl (C=O) groups excluding carboxylic acids is 1. The molecule has 2 aromatic rings. The molecule has 0 saturated carbocycles. The summed E-state index contributed by atoms with van der Waals surface area (Å²) in [6.45, 7) is -0.177. The molecular formula is C18H23F3IN7O2. The predicted octanol–water partition coefficient (Wildman–Crippen LogP) is 1.80. The Labute approximate surface area is 194 Å². The number of halogens is 4. The molecular weight excluding hydrogens is 530 g/mol. The van der Waals surface area contributed by atoms with E-state index in [2.05, 4.69) is 20.4 Å². The average Bonchev–Trinajstić information content (AvgIpc) is 3.13. The number of alkyl halides is 3. The number of hydrogen-bond acceptors (Lipinski definition) is 5. The van der Waals surface area contributed by atoms with E-state index in [1.165, 1.54) is 6.20 Å². The van der Waals surface area contributed by atoms with Crippen LogP contribution in [0.15, 0.2) is 35.7 Å². The van der Waals surface area contributed by atoms with Crippen molar-refractivity contribution < 1.29 is 22.7 Å². The Morgan fingerprint density at radius 3 is 2.74 bits per heavy atom. The quantitative estimate of drug-likeness (QED) is 0.346. The lowest BCUT2D eigenvalue weighted by molar-refractivity contribution is -0.154. The van der Waals surface area contributed by atoms with Crippen LogP contribution in [0.5, 0.6) is 5.88 Å². The summed E-state index contributed by atoms with van der Waals surface area (Å²) in [6.07, 6.45) is 0.309. The summed E-state index contributed by atoms with van der Waals surface area (Å²) in [5.74, 6) is 0.253. The van der Waals surface area contributed by atoms with Gasteiger partial charge in [-0.05, 0) is 6.07 Å². The second-order valence-electron chi connectivity index (χ2n) is 6.61. The third kappa shape index (κ3) is 6.70. The van der Waals surface area contributed by atoms with Crippen molar-refractivity contribution in [3.8, 4) is 5.88 Å². The van der Waals surface area contributed by atoms with Crippen LogP contribution in [0.1, 0.15) is 5.56 Å². The molecule has 0 aromatic carbocycles. The molecule has 0 atom stereocenters. The van der Waals surface area contributed by atoms with Gasteiger partial charge < -0.3 is 19.9 Å². The first-order chi connectivity index (χ1) is 14.3. The third-order valence-electron chi connectivity index (χ3n) is 4.39. The number of aromatic nitrogens is 3. The molecule has 1 aliphatic rings. The van der Waals surface area contributed by atoms with Gasteiger partial charge in [0.05, 0.1) is 11.9 Å². The molecule has 0 bridgehead atoms. The lowest BCUT2D eigenvalue weighted by Gasteiger charge is -2.35. The van der Waals surface area contributed by atoms with Gasteiger partial charge in [-0.1, -0.05) is 6.07 Å².